The van der Waals surface area contributed by atoms with Gasteiger partial charge in [-0.15, -0.1) is 0 Å². The Balaban J connectivity index is 2.12. The predicted molar refractivity (Wildman–Crippen MR) is 85.0 cm³/mol. The standard InChI is InChI=1S/C16H26BNO3/c1-7-8-12(2)19-14-11-13(9-10-18-14)17-20-15(3,4)16(5,6)21-17/h9-12H,7-8H2,1-6H3/t12-/m1/s1. The predicted octanol–water partition coefficient (Wildman–Crippen LogP) is 2.95. The van der Waals surface area contributed by atoms with E-state index < -0.39 is 0 Å². The van der Waals surface area contributed by atoms with Crippen molar-refractivity contribution >= 4 is 12.6 Å². The molecule has 2 heterocycles. The van der Waals surface area contributed by atoms with Gasteiger partial charge in [-0.05, 0) is 52.6 Å². The average molecular weight is 291 g/mol. The highest BCUT2D eigenvalue weighted by molar-refractivity contribution is 6.62. The summed E-state index contributed by atoms with van der Waals surface area (Å²) in [5, 5.41) is 0. The van der Waals surface area contributed by atoms with Crippen LogP contribution in [0.1, 0.15) is 54.4 Å². The Labute approximate surface area is 128 Å². The Hall–Kier alpha value is -1.07. The maximum absolute atomic E-state index is 6.05. The van der Waals surface area contributed by atoms with Gasteiger partial charge in [0.25, 0.3) is 0 Å². The fraction of sp³-hybridized carbons (Fsp3) is 0.688. The van der Waals surface area contributed by atoms with Gasteiger partial charge in [-0.1, -0.05) is 13.3 Å². The first-order valence-electron chi connectivity index (χ1n) is 7.73. The van der Waals surface area contributed by atoms with Crippen molar-refractivity contribution in [3.63, 3.8) is 0 Å². The molecule has 2 rings (SSSR count). The summed E-state index contributed by atoms with van der Waals surface area (Å²) in [5.41, 5.74) is 0.275. The SMILES string of the molecule is CCC[C@@H](C)Oc1cc(B2OC(C)(C)C(C)(C)O2)ccn1. The zero-order chi connectivity index (χ0) is 15.7. The third kappa shape index (κ3) is 3.58. The van der Waals surface area contributed by atoms with Gasteiger partial charge >= 0.3 is 7.12 Å². The number of ether oxygens (including phenoxy) is 1. The monoisotopic (exact) mass is 291 g/mol. The molecule has 1 saturated heterocycles. The molecule has 5 heteroatoms. The number of rotatable bonds is 5. The first kappa shape index (κ1) is 16.3. The minimum absolute atomic E-state index is 0.163. The molecular weight excluding hydrogens is 265 g/mol. The lowest BCUT2D eigenvalue weighted by molar-refractivity contribution is 0.00578. The molecule has 0 N–H and O–H groups in total. The molecule has 21 heavy (non-hydrogen) atoms. The fourth-order valence-corrected chi connectivity index (χ4v) is 2.29. The molecule has 0 radical (unpaired) electrons. The molecule has 0 bridgehead atoms. The van der Waals surface area contributed by atoms with Crippen molar-refractivity contribution in [1.82, 2.24) is 4.98 Å². The van der Waals surface area contributed by atoms with Crippen molar-refractivity contribution in [1.29, 1.82) is 0 Å². The second-order valence-electron chi connectivity index (χ2n) is 6.73. The maximum Gasteiger partial charge on any atom is 0.495 e. The summed E-state index contributed by atoms with van der Waals surface area (Å²) in [6, 6.07) is 3.83. The number of pyridine rings is 1. The van der Waals surface area contributed by atoms with E-state index >= 15 is 0 Å². The van der Waals surface area contributed by atoms with Crippen LogP contribution in [0.25, 0.3) is 0 Å². The van der Waals surface area contributed by atoms with Crippen LogP contribution in [0.3, 0.4) is 0 Å². The maximum atomic E-state index is 6.05. The van der Waals surface area contributed by atoms with E-state index in [2.05, 4.69) is 46.5 Å². The smallest absolute Gasteiger partial charge is 0.475 e. The van der Waals surface area contributed by atoms with Crippen molar-refractivity contribution in [3.8, 4) is 5.88 Å². The summed E-state index contributed by atoms with van der Waals surface area (Å²) in [6.45, 7) is 12.4. The molecule has 1 aliphatic heterocycles. The average Bonchev–Trinajstić information content (AvgIpc) is 2.59. The van der Waals surface area contributed by atoms with Crippen LogP contribution in [0.15, 0.2) is 18.3 Å². The van der Waals surface area contributed by atoms with Crippen LogP contribution in [0, 0.1) is 0 Å². The minimum atomic E-state index is -0.373. The summed E-state index contributed by atoms with van der Waals surface area (Å²) in [6.07, 6.45) is 4.02. The first-order chi connectivity index (χ1) is 9.75. The number of hydrogen-bond donors (Lipinski definition) is 0. The molecule has 1 aromatic rings. The fourth-order valence-electron chi connectivity index (χ4n) is 2.29. The van der Waals surface area contributed by atoms with E-state index in [1.807, 2.05) is 12.1 Å². The lowest BCUT2D eigenvalue weighted by atomic mass is 9.80. The van der Waals surface area contributed by atoms with E-state index in [1.165, 1.54) is 0 Å². The minimum Gasteiger partial charge on any atom is -0.475 e. The van der Waals surface area contributed by atoms with E-state index in [1.54, 1.807) is 6.20 Å². The van der Waals surface area contributed by atoms with Gasteiger partial charge in [0, 0.05) is 12.3 Å². The highest BCUT2D eigenvalue weighted by atomic mass is 16.7. The second-order valence-corrected chi connectivity index (χ2v) is 6.73. The Kier molecular flexibility index (Phi) is 4.64. The first-order valence-corrected chi connectivity index (χ1v) is 7.73. The van der Waals surface area contributed by atoms with Crippen LogP contribution in [-0.4, -0.2) is 29.4 Å². The number of nitrogens with zero attached hydrogens (tertiary/aromatic N) is 1. The highest BCUT2D eigenvalue weighted by Crippen LogP contribution is 2.36. The Morgan fingerprint density at radius 1 is 1.24 bits per heavy atom. The summed E-state index contributed by atoms with van der Waals surface area (Å²) < 4.78 is 17.9. The van der Waals surface area contributed by atoms with E-state index in [-0.39, 0.29) is 24.4 Å². The van der Waals surface area contributed by atoms with Gasteiger partial charge in [-0.25, -0.2) is 4.98 Å². The molecule has 1 aromatic heterocycles. The molecule has 1 aliphatic rings. The topological polar surface area (TPSA) is 40.6 Å². The molecular formula is C16H26BNO3. The van der Waals surface area contributed by atoms with Gasteiger partial charge in [0.1, 0.15) is 0 Å². The van der Waals surface area contributed by atoms with E-state index in [4.69, 9.17) is 14.0 Å². The van der Waals surface area contributed by atoms with E-state index in [9.17, 15) is 0 Å². The Morgan fingerprint density at radius 2 is 1.86 bits per heavy atom. The Bertz CT molecular complexity index is 474. The molecule has 4 nitrogen and oxygen atoms in total. The quantitative estimate of drug-likeness (QED) is 0.782. The number of aromatic nitrogens is 1. The van der Waals surface area contributed by atoms with Crippen molar-refractivity contribution in [2.75, 3.05) is 0 Å². The van der Waals surface area contributed by atoms with Gasteiger partial charge in [0.2, 0.25) is 5.88 Å². The highest BCUT2D eigenvalue weighted by Gasteiger charge is 2.51. The van der Waals surface area contributed by atoms with Crippen LogP contribution < -0.4 is 10.2 Å². The van der Waals surface area contributed by atoms with Gasteiger partial charge in [0.05, 0.1) is 17.3 Å². The van der Waals surface area contributed by atoms with E-state index in [0.29, 0.717) is 5.88 Å². The molecule has 0 amide bonds. The lowest BCUT2D eigenvalue weighted by Crippen LogP contribution is -2.41. The molecule has 0 saturated carbocycles. The van der Waals surface area contributed by atoms with Gasteiger partial charge in [-0.2, -0.15) is 0 Å². The van der Waals surface area contributed by atoms with Crippen LogP contribution in [-0.2, 0) is 9.31 Å². The summed E-state index contributed by atoms with van der Waals surface area (Å²) in [4.78, 5) is 4.27. The van der Waals surface area contributed by atoms with Crippen LogP contribution in [0.5, 0.6) is 5.88 Å². The number of hydrogen-bond acceptors (Lipinski definition) is 4. The van der Waals surface area contributed by atoms with Gasteiger partial charge in [-0.3, -0.25) is 0 Å². The molecule has 0 aromatic carbocycles. The largest absolute Gasteiger partial charge is 0.495 e. The van der Waals surface area contributed by atoms with Crippen molar-refractivity contribution in [2.24, 2.45) is 0 Å². The van der Waals surface area contributed by atoms with Crippen molar-refractivity contribution in [2.45, 2.75) is 71.7 Å². The summed E-state index contributed by atoms with van der Waals surface area (Å²) >= 11 is 0. The van der Waals surface area contributed by atoms with Gasteiger partial charge in [0.15, 0.2) is 0 Å². The van der Waals surface area contributed by atoms with Crippen LogP contribution in [0.4, 0.5) is 0 Å². The Morgan fingerprint density at radius 3 is 2.43 bits per heavy atom. The molecule has 0 spiro atoms. The van der Waals surface area contributed by atoms with Gasteiger partial charge < -0.3 is 14.0 Å². The second kappa shape index (κ2) is 5.97. The zero-order valence-electron chi connectivity index (χ0n) is 14.0. The zero-order valence-corrected chi connectivity index (χ0v) is 14.0. The van der Waals surface area contributed by atoms with E-state index in [0.717, 1.165) is 18.3 Å². The molecule has 1 fully saturated rings. The molecule has 1 atom stereocenters. The summed E-state index contributed by atoms with van der Waals surface area (Å²) in [7, 11) is -0.373. The third-order valence-electron chi connectivity index (χ3n) is 4.30. The van der Waals surface area contributed by atoms with Crippen molar-refractivity contribution < 1.29 is 14.0 Å². The summed E-state index contributed by atoms with van der Waals surface area (Å²) in [5.74, 6) is 0.628. The third-order valence-corrected chi connectivity index (χ3v) is 4.30. The molecule has 0 aliphatic carbocycles. The van der Waals surface area contributed by atoms with Crippen molar-refractivity contribution in [3.05, 3.63) is 18.3 Å². The molecule has 116 valence electrons. The lowest BCUT2D eigenvalue weighted by Gasteiger charge is -2.32. The van der Waals surface area contributed by atoms with Crippen LogP contribution >= 0.6 is 0 Å². The molecule has 0 unspecified atom stereocenters. The van der Waals surface area contributed by atoms with Crippen LogP contribution in [0.2, 0.25) is 0 Å². The normalized spacial score (nSPS) is 21.3.